The lowest BCUT2D eigenvalue weighted by atomic mass is 10.2. The highest BCUT2D eigenvalue weighted by molar-refractivity contribution is 6.33. The summed E-state index contributed by atoms with van der Waals surface area (Å²) in [6.45, 7) is 0. The molecule has 0 saturated carbocycles. The SMILES string of the molecule is FC(F)(F)c1cc(Cl)c2nc(-c3ccncc3)c(CCl)n2c1. The second-order valence-corrected chi connectivity index (χ2v) is 5.22. The van der Waals surface area contributed by atoms with Gasteiger partial charge in [-0.1, -0.05) is 11.6 Å². The lowest BCUT2D eigenvalue weighted by molar-refractivity contribution is -0.137. The highest BCUT2D eigenvalue weighted by atomic mass is 35.5. The Balaban J connectivity index is 2.31. The van der Waals surface area contributed by atoms with Crippen LogP contribution < -0.4 is 0 Å². The third-order valence-electron chi connectivity index (χ3n) is 3.18. The van der Waals surface area contributed by atoms with Crippen LogP contribution in [0.15, 0.2) is 36.8 Å². The Morgan fingerprint density at radius 3 is 2.45 bits per heavy atom. The third kappa shape index (κ3) is 2.53. The molecule has 0 atom stereocenters. The number of nitrogens with zero attached hydrogens (tertiary/aromatic N) is 3. The lowest BCUT2D eigenvalue weighted by Gasteiger charge is -2.09. The topological polar surface area (TPSA) is 30.2 Å². The maximum Gasteiger partial charge on any atom is 0.417 e. The number of aromatic nitrogens is 3. The van der Waals surface area contributed by atoms with Gasteiger partial charge < -0.3 is 4.40 Å². The largest absolute Gasteiger partial charge is 0.417 e. The first-order valence-electron chi connectivity index (χ1n) is 6.16. The van der Waals surface area contributed by atoms with Crippen molar-refractivity contribution >= 4 is 28.8 Å². The van der Waals surface area contributed by atoms with Gasteiger partial charge in [0.15, 0.2) is 5.65 Å². The normalized spacial score (nSPS) is 12.0. The van der Waals surface area contributed by atoms with Gasteiger partial charge in [-0.05, 0) is 18.2 Å². The third-order valence-corrected chi connectivity index (χ3v) is 3.71. The van der Waals surface area contributed by atoms with Gasteiger partial charge in [-0.15, -0.1) is 11.6 Å². The van der Waals surface area contributed by atoms with E-state index in [1.54, 1.807) is 24.5 Å². The molecule has 22 heavy (non-hydrogen) atoms. The molecule has 8 heteroatoms. The molecule has 0 aromatic carbocycles. The molecule has 0 radical (unpaired) electrons. The molecule has 0 aliphatic rings. The summed E-state index contributed by atoms with van der Waals surface area (Å²) in [5, 5.41) is -0.0819. The number of hydrogen-bond donors (Lipinski definition) is 0. The van der Waals surface area contributed by atoms with Crippen molar-refractivity contribution < 1.29 is 13.2 Å². The molecule has 0 N–H and O–H groups in total. The molecule has 0 saturated heterocycles. The van der Waals surface area contributed by atoms with E-state index in [1.807, 2.05) is 0 Å². The molecule has 0 bridgehead atoms. The van der Waals surface area contributed by atoms with E-state index in [9.17, 15) is 13.2 Å². The number of alkyl halides is 4. The molecule has 0 unspecified atom stereocenters. The minimum atomic E-state index is -4.50. The molecule has 3 aromatic heterocycles. The predicted octanol–water partition coefficient (Wildman–Crippen LogP) is 4.81. The van der Waals surface area contributed by atoms with E-state index in [4.69, 9.17) is 23.2 Å². The first-order chi connectivity index (χ1) is 10.4. The summed E-state index contributed by atoms with van der Waals surface area (Å²) in [5.74, 6) is -0.00351. The maximum absolute atomic E-state index is 12.9. The van der Waals surface area contributed by atoms with Gasteiger partial charge in [0.25, 0.3) is 0 Å². The van der Waals surface area contributed by atoms with Crippen LogP contribution in [0.4, 0.5) is 13.2 Å². The highest BCUT2D eigenvalue weighted by Gasteiger charge is 2.32. The summed E-state index contributed by atoms with van der Waals surface area (Å²) in [6, 6.07) is 4.27. The average Bonchev–Trinajstić information content (AvgIpc) is 2.86. The number of hydrogen-bond acceptors (Lipinski definition) is 2. The van der Waals surface area contributed by atoms with E-state index in [0.717, 1.165) is 12.3 Å². The van der Waals surface area contributed by atoms with Crippen molar-refractivity contribution in [3.05, 3.63) is 53.1 Å². The zero-order chi connectivity index (χ0) is 15.9. The van der Waals surface area contributed by atoms with Gasteiger partial charge in [0, 0.05) is 24.2 Å². The van der Waals surface area contributed by atoms with E-state index in [0.29, 0.717) is 17.0 Å². The first-order valence-corrected chi connectivity index (χ1v) is 7.07. The second kappa shape index (κ2) is 5.44. The van der Waals surface area contributed by atoms with Crippen molar-refractivity contribution in [3.8, 4) is 11.3 Å². The summed E-state index contributed by atoms with van der Waals surface area (Å²) in [7, 11) is 0. The zero-order valence-electron chi connectivity index (χ0n) is 10.9. The van der Waals surface area contributed by atoms with Gasteiger partial charge in [0.05, 0.1) is 27.9 Å². The molecule has 0 aliphatic carbocycles. The fraction of sp³-hybridized carbons (Fsp3) is 0.143. The van der Waals surface area contributed by atoms with Gasteiger partial charge >= 0.3 is 6.18 Å². The van der Waals surface area contributed by atoms with Crippen LogP contribution in [0.25, 0.3) is 16.9 Å². The summed E-state index contributed by atoms with van der Waals surface area (Å²) in [4.78, 5) is 8.23. The Hall–Kier alpha value is -1.79. The minimum absolute atomic E-state index is 0.00351. The summed E-state index contributed by atoms with van der Waals surface area (Å²) in [6.07, 6.45) is -0.403. The van der Waals surface area contributed by atoms with E-state index >= 15 is 0 Å². The second-order valence-electron chi connectivity index (χ2n) is 4.54. The molecular formula is C14H8Cl2F3N3. The van der Waals surface area contributed by atoms with Crippen molar-refractivity contribution in [1.82, 2.24) is 14.4 Å². The Kier molecular flexibility index (Phi) is 3.74. The monoisotopic (exact) mass is 345 g/mol. The Morgan fingerprint density at radius 2 is 1.86 bits per heavy atom. The van der Waals surface area contributed by atoms with Crippen LogP contribution in [0, 0.1) is 0 Å². The summed E-state index contributed by atoms with van der Waals surface area (Å²) < 4.78 is 40.1. The van der Waals surface area contributed by atoms with E-state index in [2.05, 4.69) is 9.97 Å². The van der Waals surface area contributed by atoms with Crippen LogP contribution >= 0.6 is 23.2 Å². The van der Waals surface area contributed by atoms with Crippen molar-refractivity contribution in [3.63, 3.8) is 0 Å². The fourth-order valence-corrected chi connectivity index (χ4v) is 2.68. The summed E-state index contributed by atoms with van der Waals surface area (Å²) in [5.41, 5.74) is 1.01. The Morgan fingerprint density at radius 1 is 1.18 bits per heavy atom. The van der Waals surface area contributed by atoms with Gasteiger partial charge in [-0.2, -0.15) is 13.2 Å². The number of halogens is 5. The summed E-state index contributed by atoms with van der Waals surface area (Å²) >= 11 is 11.9. The van der Waals surface area contributed by atoms with Crippen LogP contribution in [0.5, 0.6) is 0 Å². The highest BCUT2D eigenvalue weighted by Crippen LogP contribution is 2.35. The van der Waals surface area contributed by atoms with Crippen molar-refractivity contribution in [2.75, 3.05) is 0 Å². The molecule has 3 aromatic rings. The van der Waals surface area contributed by atoms with Gasteiger partial charge in [-0.3, -0.25) is 4.98 Å². The molecule has 0 spiro atoms. The molecule has 0 amide bonds. The van der Waals surface area contributed by atoms with Crippen LogP contribution in [-0.2, 0) is 12.1 Å². The lowest BCUT2D eigenvalue weighted by Crippen LogP contribution is -2.07. The predicted molar refractivity (Wildman–Crippen MR) is 78.0 cm³/mol. The van der Waals surface area contributed by atoms with Crippen LogP contribution in [-0.4, -0.2) is 14.4 Å². The van der Waals surface area contributed by atoms with Crippen LogP contribution in [0.2, 0.25) is 5.02 Å². The zero-order valence-corrected chi connectivity index (χ0v) is 12.4. The van der Waals surface area contributed by atoms with Crippen molar-refractivity contribution in [2.45, 2.75) is 12.1 Å². The number of pyridine rings is 2. The van der Waals surface area contributed by atoms with Crippen LogP contribution in [0.1, 0.15) is 11.3 Å². The van der Waals surface area contributed by atoms with E-state index in [-0.39, 0.29) is 16.5 Å². The average molecular weight is 346 g/mol. The Bertz CT molecular complexity index is 829. The van der Waals surface area contributed by atoms with Crippen molar-refractivity contribution in [1.29, 1.82) is 0 Å². The standard InChI is InChI=1S/C14H8Cl2F3N3/c15-6-11-12(8-1-3-20-4-2-8)21-13-10(16)5-9(7-22(11)13)14(17,18)19/h1-5,7H,6H2. The van der Waals surface area contributed by atoms with E-state index in [1.165, 1.54) is 4.40 Å². The van der Waals surface area contributed by atoms with Crippen molar-refractivity contribution in [2.24, 2.45) is 0 Å². The fourth-order valence-electron chi connectivity index (χ4n) is 2.17. The minimum Gasteiger partial charge on any atom is -0.300 e. The van der Waals surface area contributed by atoms with Gasteiger partial charge in [0.2, 0.25) is 0 Å². The van der Waals surface area contributed by atoms with E-state index < -0.39 is 11.7 Å². The molecule has 0 fully saturated rings. The Labute approximate surface area is 133 Å². The molecular weight excluding hydrogens is 338 g/mol. The van der Waals surface area contributed by atoms with Crippen LogP contribution in [0.3, 0.4) is 0 Å². The smallest absolute Gasteiger partial charge is 0.300 e. The molecule has 114 valence electrons. The maximum atomic E-state index is 12.9. The number of fused-ring (bicyclic) bond motifs is 1. The first kappa shape index (κ1) is 15.1. The van der Waals surface area contributed by atoms with Gasteiger partial charge in [0.1, 0.15) is 0 Å². The molecule has 3 rings (SSSR count). The molecule has 3 nitrogen and oxygen atoms in total. The quantitative estimate of drug-likeness (QED) is 0.624. The number of imidazole rings is 1. The molecule has 3 heterocycles. The number of rotatable bonds is 2. The molecule has 0 aliphatic heterocycles. The van der Waals surface area contributed by atoms with Gasteiger partial charge in [-0.25, -0.2) is 4.98 Å².